The van der Waals surface area contributed by atoms with Crippen LogP contribution in [-0.4, -0.2) is 31.0 Å². The van der Waals surface area contributed by atoms with Gasteiger partial charge in [-0.05, 0) is 80.2 Å². The Bertz CT molecular complexity index is 1370. The van der Waals surface area contributed by atoms with Gasteiger partial charge < -0.3 is 10.1 Å². The maximum absolute atomic E-state index is 13.2. The van der Waals surface area contributed by atoms with Crippen LogP contribution in [0, 0.1) is 25.2 Å². The van der Waals surface area contributed by atoms with Gasteiger partial charge in [-0.2, -0.15) is 4.98 Å². The number of fused-ring (bicyclic) bond motifs is 4. The van der Waals surface area contributed by atoms with Gasteiger partial charge in [-0.1, -0.05) is 30.7 Å². The Morgan fingerprint density at radius 3 is 2.46 bits per heavy atom. The summed E-state index contributed by atoms with van der Waals surface area (Å²) in [5, 5.41) is 3.57. The molecule has 2 fully saturated rings. The molecular formula is C27H30N4O3S. The van der Waals surface area contributed by atoms with Gasteiger partial charge >= 0.3 is 0 Å². The summed E-state index contributed by atoms with van der Waals surface area (Å²) in [6.07, 6.45) is 6.36. The van der Waals surface area contributed by atoms with Gasteiger partial charge in [0, 0.05) is 17.3 Å². The molecule has 1 unspecified atom stereocenters. The van der Waals surface area contributed by atoms with Crippen molar-refractivity contribution in [2.24, 2.45) is 11.3 Å². The highest BCUT2D eigenvalue weighted by molar-refractivity contribution is 7.92. The molecular weight excluding hydrogens is 460 g/mol. The van der Waals surface area contributed by atoms with Crippen LogP contribution in [0.3, 0.4) is 0 Å². The van der Waals surface area contributed by atoms with Gasteiger partial charge in [-0.3, -0.25) is 0 Å². The Morgan fingerprint density at radius 2 is 1.74 bits per heavy atom. The smallest absolute Gasteiger partial charge is 0.264 e. The van der Waals surface area contributed by atoms with Crippen molar-refractivity contribution in [3.8, 4) is 17.1 Å². The van der Waals surface area contributed by atoms with E-state index in [9.17, 15) is 8.42 Å². The number of aryl methyl sites for hydroxylation is 2. The van der Waals surface area contributed by atoms with Gasteiger partial charge in [-0.15, -0.1) is 0 Å². The zero-order chi connectivity index (χ0) is 24.2. The Kier molecular flexibility index (Phi) is 5.25. The van der Waals surface area contributed by atoms with Crippen molar-refractivity contribution in [1.29, 1.82) is 0 Å². The third-order valence-electron chi connectivity index (χ3n) is 7.95. The monoisotopic (exact) mass is 490 g/mol. The van der Waals surface area contributed by atoms with E-state index in [0.717, 1.165) is 22.4 Å². The number of aromatic nitrogens is 2. The molecule has 35 heavy (non-hydrogen) atoms. The lowest BCUT2D eigenvalue weighted by Gasteiger charge is -2.56. The predicted molar refractivity (Wildman–Crippen MR) is 136 cm³/mol. The summed E-state index contributed by atoms with van der Waals surface area (Å²) in [7, 11) is -3.88. The SMILES string of the molecule is Cc1cccc(C)c1-c1cc2nc(n1)NS(=O)(=O)c1cccc(c1)NC(C1CC3(CCC3)C1)CO2. The normalized spacial score (nSPS) is 22.3. The molecule has 2 N–H and O–H groups in total. The fraction of sp³-hybridized carbons (Fsp3) is 0.407. The first kappa shape index (κ1) is 22.3. The Hall–Kier alpha value is -3.13. The molecule has 2 heterocycles. The summed E-state index contributed by atoms with van der Waals surface area (Å²) < 4.78 is 35.2. The Labute approximate surface area is 206 Å². The Balaban J connectivity index is 1.41. The first-order valence-electron chi connectivity index (χ1n) is 12.3. The number of rotatable bonds is 2. The fourth-order valence-electron chi connectivity index (χ4n) is 5.93. The predicted octanol–water partition coefficient (Wildman–Crippen LogP) is 5.31. The molecule has 1 atom stereocenters. The molecule has 3 aromatic rings. The van der Waals surface area contributed by atoms with E-state index in [1.807, 2.05) is 44.2 Å². The van der Waals surface area contributed by atoms with E-state index in [1.54, 1.807) is 18.2 Å². The number of benzene rings is 2. The molecule has 1 aromatic heterocycles. The second-order valence-electron chi connectivity index (χ2n) is 10.4. The zero-order valence-corrected chi connectivity index (χ0v) is 20.9. The molecule has 4 bridgehead atoms. The molecule has 2 saturated carbocycles. The summed E-state index contributed by atoms with van der Waals surface area (Å²) in [4.78, 5) is 9.19. The number of hydrogen-bond acceptors (Lipinski definition) is 6. The van der Waals surface area contributed by atoms with Crippen molar-refractivity contribution < 1.29 is 13.2 Å². The summed E-state index contributed by atoms with van der Waals surface area (Å²) in [6.45, 7) is 4.48. The minimum absolute atomic E-state index is 0.00713. The van der Waals surface area contributed by atoms with Crippen LogP contribution in [0.2, 0.25) is 0 Å². The molecule has 1 aliphatic heterocycles. The third kappa shape index (κ3) is 4.14. The highest BCUT2D eigenvalue weighted by atomic mass is 32.2. The molecule has 1 spiro atoms. The summed E-state index contributed by atoms with van der Waals surface area (Å²) >= 11 is 0. The van der Waals surface area contributed by atoms with Crippen LogP contribution in [0.5, 0.6) is 5.88 Å². The number of hydrogen-bond donors (Lipinski definition) is 2. The van der Waals surface area contributed by atoms with Gasteiger partial charge in [0.1, 0.15) is 6.61 Å². The fourth-order valence-corrected chi connectivity index (χ4v) is 6.92. The van der Waals surface area contributed by atoms with E-state index in [-0.39, 0.29) is 16.9 Å². The van der Waals surface area contributed by atoms with E-state index in [2.05, 4.69) is 20.0 Å². The summed E-state index contributed by atoms with van der Waals surface area (Å²) in [6, 6.07) is 14.8. The lowest BCUT2D eigenvalue weighted by atomic mass is 9.50. The second kappa shape index (κ2) is 8.22. The minimum Gasteiger partial charge on any atom is -0.475 e. The maximum atomic E-state index is 13.2. The number of anilines is 2. The molecule has 6 rings (SSSR count). The molecule has 0 radical (unpaired) electrons. The van der Waals surface area contributed by atoms with Gasteiger partial charge in [0.05, 0.1) is 16.6 Å². The molecule has 2 aromatic carbocycles. The van der Waals surface area contributed by atoms with Gasteiger partial charge in [0.2, 0.25) is 11.8 Å². The van der Waals surface area contributed by atoms with E-state index in [4.69, 9.17) is 4.74 Å². The molecule has 3 aliphatic rings. The van der Waals surface area contributed by atoms with Crippen LogP contribution in [0.25, 0.3) is 11.3 Å². The number of ether oxygens (including phenoxy) is 1. The topological polar surface area (TPSA) is 93.2 Å². The summed E-state index contributed by atoms with van der Waals surface area (Å²) in [5.74, 6) is 0.854. The summed E-state index contributed by atoms with van der Waals surface area (Å²) in [5.41, 5.74) is 5.00. The average Bonchev–Trinajstić information content (AvgIpc) is 2.74. The van der Waals surface area contributed by atoms with Gasteiger partial charge in [0.25, 0.3) is 10.0 Å². The molecule has 0 amide bonds. The second-order valence-corrected chi connectivity index (χ2v) is 12.1. The van der Waals surface area contributed by atoms with Crippen molar-refractivity contribution >= 4 is 21.7 Å². The van der Waals surface area contributed by atoms with Crippen molar-refractivity contribution in [3.05, 3.63) is 59.7 Å². The third-order valence-corrected chi connectivity index (χ3v) is 9.27. The molecule has 2 aliphatic carbocycles. The average molecular weight is 491 g/mol. The van der Waals surface area contributed by atoms with Crippen molar-refractivity contribution in [2.45, 2.75) is 56.9 Å². The highest BCUT2D eigenvalue weighted by Gasteiger charge is 2.50. The number of nitrogens with zero attached hydrogens (tertiary/aromatic N) is 2. The van der Waals surface area contributed by atoms with Crippen molar-refractivity contribution in [1.82, 2.24) is 9.97 Å². The number of nitrogens with one attached hydrogen (secondary N) is 2. The molecule has 0 saturated heterocycles. The lowest BCUT2D eigenvalue weighted by molar-refractivity contribution is -0.0371. The number of sulfonamides is 1. The van der Waals surface area contributed by atoms with Crippen LogP contribution in [0.1, 0.15) is 43.2 Å². The van der Waals surface area contributed by atoms with Gasteiger partial charge in [0.15, 0.2) is 0 Å². The molecule has 182 valence electrons. The minimum atomic E-state index is -3.88. The van der Waals surface area contributed by atoms with Crippen LogP contribution in [-0.2, 0) is 10.0 Å². The first-order chi connectivity index (χ1) is 16.8. The quantitative estimate of drug-likeness (QED) is 0.505. The van der Waals surface area contributed by atoms with E-state index in [1.165, 1.54) is 32.1 Å². The molecule has 7 nitrogen and oxygen atoms in total. The van der Waals surface area contributed by atoms with E-state index in [0.29, 0.717) is 29.5 Å². The maximum Gasteiger partial charge on any atom is 0.264 e. The van der Waals surface area contributed by atoms with E-state index >= 15 is 0 Å². The Morgan fingerprint density at radius 1 is 1.00 bits per heavy atom. The molecule has 8 heteroatoms. The van der Waals surface area contributed by atoms with Crippen LogP contribution in [0.15, 0.2) is 53.4 Å². The van der Waals surface area contributed by atoms with Crippen molar-refractivity contribution in [3.63, 3.8) is 0 Å². The van der Waals surface area contributed by atoms with E-state index < -0.39 is 10.0 Å². The van der Waals surface area contributed by atoms with Crippen LogP contribution >= 0.6 is 0 Å². The zero-order valence-electron chi connectivity index (χ0n) is 20.0. The standard InChI is InChI=1S/C27H30N4O3S/c1-17-6-3-7-18(2)25(17)22-13-24-30-26(29-22)31-35(32,33)21-9-4-8-20(12-21)28-23(16-34-24)19-14-27(15-19)10-5-11-27/h3-4,6-9,12-13,19,23,28H,5,10-11,14-16H2,1-2H3,(H,29,30,31). The van der Waals surface area contributed by atoms with Crippen molar-refractivity contribution in [2.75, 3.05) is 16.6 Å². The highest BCUT2D eigenvalue weighted by Crippen LogP contribution is 2.59. The van der Waals surface area contributed by atoms with Crippen LogP contribution < -0.4 is 14.8 Å². The van der Waals surface area contributed by atoms with Crippen LogP contribution in [0.4, 0.5) is 11.6 Å². The first-order valence-corrected chi connectivity index (χ1v) is 13.8. The largest absolute Gasteiger partial charge is 0.475 e. The lowest BCUT2D eigenvalue weighted by Crippen LogP contribution is -2.50. The van der Waals surface area contributed by atoms with Gasteiger partial charge in [-0.25, -0.2) is 18.1 Å².